The number of aromatic nitrogens is 1. The fourth-order valence-corrected chi connectivity index (χ4v) is 4.25. The van der Waals surface area contributed by atoms with Crippen LogP contribution < -0.4 is 14.8 Å². The molecule has 1 heterocycles. The van der Waals surface area contributed by atoms with Crippen molar-refractivity contribution in [3.8, 4) is 22.1 Å². The number of methoxy groups -OCH3 is 2. The van der Waals surface area contributed by atoms with Crippen molar-refractivity contribution in [3.63, 3.8) is 0 Å². The Kier molecular flexibility index (Phi) is 5.65. The summed E-state index contributed by atoms with van der Waals surface area (Å²) in [5.74, 6) is -0.148. The number of nitrogens with one attached hydrogen (secondary N) is 1. The first-order valence-electron chi connectivity index (χ1n) is 8.66. The summed E-state index contributed by atoms with van der Waals surface area (Å²) >= 11 is 1.31. The quantitative estimate of drug-likeness (QED) is 0.786. The molecule has 8 heteroatoms. The number of ether oxygens (including phenoxy) is 2. The van der Waals surface area contributed by atoms with Gasteiger partial charge in [0.1, 0.15) is 9.88 Å². The molecule has 27 heavy (non-hydrogen) atoms. The van der Waals surface area contributed by atoms with E-state index < -0.39 is 5.97 Å². The molecule has 0 unspecified atom stereocenters. The van der Waals surface area contributed by atoms with E-state index in [0.29, 0.717) is 46.3 Å². The minimum absolute atomic E-state index is 0.107. The first-order valence-corrected chi connectivity index (χ1v) is 9.48. The van der Waals surface area contributed by atoms with Crippen LogP contribution in [-0.2, 0) is 4.79 Å². The van der Waals surface area contributed by atoms with E-state index in [4.69, 9.17) is 14.6 Å². The van der Waals surface area contributed by atoms with E-state index in [1.165, 1.54) is 11.3 Å². The number of rotatable bonds is 6. The van der Waals surface area contributed by atoms with E-state index in [1.807, 2.05) is 12.1 Å². The summed E-state index contributed by atoms with van der Waals surface area (Å²) < 4.78 is 10.6. The number of carboxylic acids is 1. The number of benzene rings is 1. The van der Waals surface area contributed by atoms with Gasteiger partial charge in [-0.25, -0.2) is 4.98 Å². The highest BCUT2D eigenvalue weighted by Crippen LogP contribution is 2.35. The molecule has 1 aliphatic rings. The summed E-state index contributed by atoms with van der Waals surface area (Å²) in [6.45, 7) is 1.80. The summed E-state index contributed by atoms with van der Waals surface area (Å²) in [7, 11) is 3.14. The molecule has 1 aromatic carbocycles. The molecule has 2 aromatic rings. The third-order valence-corrected chi connectivity index (χ3v) is 5.96. The molecule has 0 bridgehead atoms. The van der Waals surface area contributed by atoms with Crippen molar-refractivity contribution < 1.29 is 24.2 Å². The topological polar surface area (TPSA) is 97.8 Å². The molecule has 3 rings (SSSR count). The summed E-state index contributed by atoms with van der Waals surface area (Å²) in [6.07, 6.45) is 1.75. The lowest BCUT2D eigenvalue weighted by Gasteiger charge is -2.11. The monoisotopic (exact) mass is 390 g/mol. The first-order chi connectivity index (χ1) is 12.9. The number of carbonyl (C=O) groups is 2. The van der Waals surface area contributed by atoms with E-state index >= 15 is 0 Å². The Morgan fingerprint density at radius 3 is 2.59 bits per heavy atom. The zero-order chi connectivity index (χ0) is 19.6. The van der Waals surface area contributed by atoms with Crippen molar-refractivity contribution in [1.29, 1.82) is 0 Å². The zero-order valence-corrected chi connectivity index (χ0v) is 16.3. The van der Waals surface area contributed by atoms with Crippen LogP contribution in [0.1, 0.15) is 34.6 Å². The Hall–Kier alpha value is -2.61. The SMILES string of the molecule is COc1ccc(-c2nc(C)c(C(=O)N[C@H]3CC[C@@H](C(=O)O)C3)s2)cc1OC. The van der Waals surface area contributed by atoms with Gasteiger partial charge < -0.3 is 19.9 Å². The fourth-order valence-electron chi connectivity index (χ4n) is 3.29. The van der Waals surface area contributed by atoms with Gasteiger partial charge in [0.15, 0.2) is 11.5 Å². The fraction of sp³-hybridized carbons (Fsp3) is 0.421. The highest BCUT2D eigenvalue weighted by molar-refractivity contribution is 7.17. The Morgan fingerprint density at radius 1 is 1.22 bits per heavy atom. The van der Waals surface area contributed by atoms with Crippen molar-refractivity contribution in [2.75, 3.05) is 14.2 Å². The van der Waals surface area contributed by atoms with E-state index in [9.17, 15) is 9.59 Å². The molecule has 0 spiro atoms. The van der Waals surface area contributed by atoms with Crippen LogP contribution >= 0.6 is 11.3 Å². The van der Waals surface area contributed by atoms with Crippen LogP contribution in [0.3, 0.4) is 0 Å². The molecule has 0 aliphatic heterocycles. The lowest BCUT2D eigenvalue weighted by molar-refractivity contribution is -0.141. The Bertz CT molecular complexity index is 864. The molecular formula is C19H22N2O5S. The second-order valence-corrected chi connectivity index (χ2v) is 7.52. The lowest BCUT2D eigenvalue weighted by Crippen LogP contribution is -2.33. The predicted molar refractivity (Wildman–Crippen MR) is 102 cm³/mol. The minimum Gasteiger partial charge on any atom is -0.493 e. The van der Waals surface area contributed by atoms with Gasteiger partial charge in [-0.2, -0.15) is 0 Å². The van der Waals surface area contributed by atoms with Crippen molar-refractivity contribution in [1.82, 2.24) is 10.3 Å². The van der Waals surface area contributed by atoms with Gasteiger partial charge in [0.2, 0.25) is 0 Å². The Labute approximate surface area is 161 Å². The van der Waals surface area contributed by atoms with Crippen molar-refractivity contribution >= 4 is 23.2 Å². The van der Waals surface area contributed by atoms with Gasteiger partial charge in [-0.15, -0.1) is 11.3 Å². The summed E-state index contributed by atoms with van der Waals surface area (Å²) in [5, 5.41) is 12.8. The van der Waals surface area contributed by atoms with Crippen molar-refractivity contribution in [2.24, 2.45) is 5.92 Å². The zero-order valence-electron chi connectivity index (χ0n) is 15.4. The van der Waals surface area contributed by atoms with Gasteiger partial charge in [-0.05, 0) is 44.4 Å². The number of hydrogen-bond donors (Lipinski definition) is 2. The minimum atomic E-state index is -0.795. The van der Waals surface area contributed by atoms with E-state index in [-0.39, 0.29) is 17.9 Å². The van der Waals surface area contributed by atoms with Crippen LogP contribution in [0.15, 0.2) is 18.2 Å². The van der Waals surface area contributed by atoms with Gasteiger partial charge in [-0.3, -0.25) is 9.59 Å². The number of amides is 1. The highest BCUT2D eigenvalue weighted by Gasteiger charge is 2.31. The highest BCUT2D eigenvalue weighted by atomic mass is 32.1. The number of hydrogen-bond acceptors (Lipinski definition) is 6. The second kappa shape index (κ2) is 7.96. The molecule has 1 aliphatic carbocycles. The Balaban J connectivity index is 1.76. The normalized spacial score (nSPS) is 18.9. The average molecular weight is 390 g/mol. The van der Waals surface area contributed by atoms with Gasteiger partial charge in [-0.1, -0.05) is 0 Å². The van der Waals surface area contributed by atoms with E-state index in [0.717, 1.165) is 5.56 Å². The largest absolute Gasteiger partial charge is 0.493 e. The first kappa shape index (κ1) is 19.2. The van der Waals surface area contributed by atoms with Gasteiger partial charge in [0.25, 0.3) is 5.91 Å². The van der Waals surface area contributed by atoms with Crippen LogP contribution in [0.2, 0.25) is 0 Å². The maximum Gasteiger partial charge on any atom is 0.306 e. The lowest BCUT2D eigenvalue weighted by atomic mass is 10.1. The number of carbonyl (C=O) groups excluding carboxylic acids is 1. The van der Waals surface area contributed by atoms with Crippen molar-refractivity contribution in [2.45, 2.75) is 32.2 Å². The average Bonchev–Trinajstić information content (AvgIpc) is 3.28. The molecule has 2 N–H and O–H groups in total. The summed E-state index contributed by atoms with van der Waals surface area (Å²) in [6, 6.07) is 5.39. The molecule has 1 aromatic heterocycles. The maximum absolute atomic E-state index is 12.6. The molecule has 0 saturated heterocycles. The molecule has 1 fully saturated rings. The summed E-state index contributed by atoms with van der Waals surface area (Å²) in [4.78, 5) is 28.8. The van der Waals surface area contributed by atoms with Gasteiger partial charge in [0, 0.05) is 11.6 Å². The van der Waals surface area contributed by atoms with Crippen LogP contribution in [0.5, 0.6) is 11.5 Å². The van der Waals surface area contributed by atoms with E-state index in [2.05, 4.69) is 10.3 Å². The molecule has 1 amide bonds. The molecule has 1 saturated carbocycles. The van der Waals surface area contributed by atoms with Gasteiger partial charge in [0.05, 0.1) is 25.8 Å². The molecule has 144 valence electrons. The van der Waals surface area contributed by atoms with Crippen LogP contribution in [0.4, 0.5) is 0 Å². The number of aryl methyl sites for hydroxylation is 1. The number of nitrogens with zero attached hydrogens (tertiary/aromatic N) is 1. The van der Waals surface area contributed by atoms with E-state index in [1.54, 1.807) is 27.2 Å². The number of carboxylic acid groups (broad SMARTS) is 1. The maximum atomic E-state index is 12.6. The number of thiazole rings is 1. The third kappa shape index (κ3) is 4.05. The van der Waals surface area contributed by atoms with Crippen molar-refractivity contribution in [3.05, 3.63) is 28.8 Å². The van der Waals surface area contributed by atoms with Crippen LogP contribution in [0, 0.1) is 12.8 Å². The molecule has 7 nitrogen and oxygen atoms in total. The predicted octanol–water partition coefficient (Wildman–Crippen LogP) is 3.12. The van der Waals surface area contributed by atoms with Crippen LogP contribution in [-0.4, -0.2) is 42.2 Å². The molecule has 0 radical (unpaired) electrons. The Morgan fingerprint density at radius 2 is 1.96 bits per heavy atom. The molecule has 2 atom stereocenters. The van der Waals surface area contributed by atoms with Gasteiger partial charge >= 0.3 is 5.97 Å². The standard InChI is InChI=1S/C19H22N2O5S/c1-10-16(17(22)21-13-6-4-12(8-13)19(23)24)27-18(20-10)11-5-7-14(25-2)15(9-11)26-3/h5,7,9,12-13H,4,6,8H2,1-3H3,(H,21,22)(H,23,24)/t12-,13+/m1/s1. The smallest absolute Gasteiger partial charge is 0.306 e. The second-order valence-electron chi connectivity index (χ2n) is 6.52. The third-order valence-electron chi connectivity index (χ3n) is 4.75. The van der Waals surface area contributed by atoms with Crippen LogP contribution in [0.25, 0.3) is 10.6 Å². The summed E-state index contributed by atoms with van der Waals surface area (Å²) in [5.41, 5.74) is 1.49. The number of aliphatic carboxylic acids is 1. The molecular weight excluding hydrogens is 368 g/mol.